The summed E-state index contributed by atoms with van der Waals surface area (Å²) in [6.07, 6.45) is 11.6. The molecule has 3 saturated carbocycles. The van der Waals surface area contributed by atoms with Gasteiger partial charge in [0.15, 0.2) is 0 Å². The molecule has 0 spiro atoms. The third-order valence-corrected chi connectivity index (χ3v) is 5.23. The van der Waals surface area contributed by atoms with E-state index < -0.39 is 0 Å². The van der Waals surface area contributed by atoms with E-state index in [1.807, 2.05) is 0 Å². The van der Waals surface area contributed by atoms with Gasteiger partial charge in [-0.3, -0.25) is 0 Å². The van der Waals surface area contributed by atoms with Crippen LogP contribution in [-0.4, -0.2) is 37.1 Å². The van der Waals surface area contributed by atoms with Crippen LogP contribution in [0.3, 0.4) is 0 Å². The highest BCUT2D eigenvalue weighted by Gasteiger charge is 2.33. The SMILES string of the molecule is CCCNC1CCCC1CN(CC1CC1)CC1CC1. The summed E-state index contributed by atoms with van der Waals surface area (Å²) in [5.41, 5.74) is 0. The highest BCUT2D eigenvalue weighted by molar-refractivity contribution is 4.88. The zero-order chi connectivity index (χ0) is 13.1. The molecule has 2 unspecified atom stereocenters. The maximum atomic E-state index is 3.80. The van der Waals surface area contributed by atoms with Crippen LogP contribution in [0, 0.1) is 17.8 Å². The van der Waals surface area contributed by atoms with E-state index in [4.69, 9.17) is 0 Å². The minimum absolute atomic E-state index is 0.820. The fourth-order valence-electron chi connectivity index (χ4n) is 3.74. The fraction of sp³-hybridized carbons (Fsp3) is 1.00. The van der Waals surface area contributed by atoms with Crippen LogP contribution in [0.25, 0.3) is 0 Å². The lowest BCUT2D eigenvalue weighted by Gasteiger charge is -2.29. The van der Waals surface area contributed by atoms with Crippen molar-refractivity contribution in [3.8, 4) is 0 Å². The van der Waals surface area contributed by atoms with Crippen molar-refractivity contribution in [1.29, 1.82) is 0 Å². The first kappa shape index (κ1) is 13.9. The van der Waals surface area contributed by atoms with Gasteiger partial charge in [-0.25, -0.2) is 0 Å². The van der Waals surface area contributed by atoms with E-state index in [1.165, 1.54) is 77.5 Å². The minimum Gasteiger partial charge on any atom is -0.314 e. The summed E-state index contributed by atoms with van der Waals surface area (Å²) in [4.78, 5) is 2.84. The third kappa shape index (κ3) is 4.46. The van der Waals surface area contributed by atoms with Gasteiger partial charge in [0.25, 0.3) is 0 Å². The van der Waals surface area contributed by atoms with Crippen molar-refractivity contribution in [2.75, 3.05) is 26.2 Å². The van der Waals surface area contributed by atoms with Gasteiger partial charge in [-0.1, -0.05) is 13.3 Å². The van der Waals surface area contributed by atoms with E-state index in [9.17, 15) is 0 Å². The highest BCUT2D eigenvalue weighted by Crippen LogP contribution is 2.35. The lowest BCUT2D eigenvalue weighted by atomic mass is 10.0. The first-order chi connectivity index (χ1) is 9.35. The van der Waals surface area contributed by atoms with Crippen LogP contribution in [0.4, 0.5) is 0 Å². The maximum absolute atomic E-state index is 3.80. The van der Waals surface area contributed by atoms with Gasteiger partial charge in [-0.2, -0.15) is 0 Å². The Hall–Kier alpha value is -0.0800. The Morgan fingerprint density at radius 3 is 2.16 bits per heavy atom. The molecule has 3 fully saturated rings. The number of nitrogens with one attached hydrogen (secondary N) is 1. The van der Waals surface area contributed by atoms with Crippen molar-refractivity contribution in [1.82, 2.24) is 10.2 Å². The molecule has 3 rings (SSSR count). The number of nitrogens with zero attached hydrogens (tertiary/aromatic N) is 1. The highest BCUT2D eigenvalue weighted by atomic mass is 15.1. The molecule has 0 saturated heterocycles. The van der Waals surface area contributed by atoms with Gasteiger partial charge in [0.05, 0.1) is 0 Å². The monoisotopic (exact) mass is 264 g/mol. The van der Waals surface area contributed by atoms with Crippen LogP contribution in [0.1, 0.15) is 58.3 Å². The van der Waals surface area contributed by atoms with Crippen molar-refractivity contribution in [2.45, 2.75) is 64.3 Å². The van der Waals surface area contributed by atoms with Gasteiger partial charge in [0, 0.05) is 25.7 Å². The van der Waals surface area contributed by atoms with Crippen LogP contribution in [0.2, 0.25) is 0 Å². The zero-order valence-electron chi connectivity index (χ0n) is 12.7. The van der Waals surface area contributed by atoms with Crippen LogP contribution in [-0.2, 0) is 0 Å². The molecule has 0 aromatic heterocycles. The Bertz CT molecular complexity index is 256. The molecule has 1 N–H and O–H groups in total. The van der Waals surface area contributed by atoms with Crippen molar-refractivity contribution >= 4 is 0 Å². The first-order valence-electron chi connectivity index (χ1n) is 8.81. The molecule has 19 heavy (non-hydrogen) atoms. The molecule has 0 aromatic rings. The Labute approximate surface area is 119 Å². The largest absolute Gasteiger partial charge is 0.314 e. The topological polar surface area (TPSA) is 15.3 Å². The Balaban J connectivity index is 1.47. The lowest BCUT2D eigenvalue weighted by molar-refractivity contribution is 0.199. The van der Waals surface area contributed by atoms with Crippen LogP contribution >= 0.6 is 0 Å². The Morgan fingerprint density at radius 2 is 1.58 bits per heavy atom. The van der Waals surface area contributed by atoms with Crippen molar-refractivity contribution < 1.29 is 0 Å². The second-order valence-corrected chi connectivity index (χ2v) is 7.36. The molecule has 0 aromatic carbocycles. The molecule has 2 nitrogen and oxygen atoms in total. The molecule has 0 aliphatic heterocycles. The van der Waals surface area contributed by atoms with Gasteiger partial charge in [0.1, 0.15) is 0 Å². The van der Waals surface area contributed by atoms with Gasteiger partial charge in [-0.15, -0.1) is 0 Å². The summed E-state index contributed by atoms with van der Waals surface area (Å²) in [5.74, 6) is 3.05. The first-order valence-corrected chi connectivity index (χ1v) is 8.81. The molecular formula is C17H32N2. The van der Waals surface area contributed by atoms with Gasteiger partial charge in [0.2, 0.25) is 0 Å². The van der Waals surface area contributed by atoms with E-state index in [1.54, 1.807) is 0 Å². The summed E-state index contributed by atoms with van der Waals surface area (Å²) in [6.45, 7) is 7.70. The second kappa shape index (κ2) is 6.58. The molecule has 3 aliphatic carbocycles. The molecule has 0 bridgehead atoms. The second-order valence-electron chi connectivity index (χ2n) is 7.36. The maximum Gasteiger partial charge on any atom is 0.0107 e. The van der Waals surface area contributed by atoms with E-state index in [0.717, 1.165) is 23.8 Å². The summed E-state index contributed by atoms with van der Waals surface area (Å²) < 4.78 is 0. The quantitative estimate of drug-likeness (QED) is 0.687. The molecule has 2 atom stereocenters. The van der Waals surface area contributed by atoms with Crippen molar-refractivity contribution in [3.05, 3.63) is 0 Å². The van der Waals surface area contributed by atoms with E-state index in [2.05, 4.69) is 17.1 Å². The molecule has 0 radical (unpaired) electrons. The number of hydrogen-bond donors (Lipinski definition) is 1. The molecule has 0 heterocycles. The lowest BCUT2D eigenvalue weighted by Crippen LogP contribution is -2.41. The van der Waals surface area contributed by atoms with Crippen LogP contribution in [0.15, 0.2) is 0 Å². The van der Waals surface area contributed by atoms with E-state index >= 15 is 0 Å². The molecule has 3 aliphatic rings. The van der Waals surface area contributed by atoms with E-state index in [-0.39, 0.29) is 0 Å². The zero-order valence-corrected chi connectivity index (χ0v) is 12.7. The molecule has 110 valence electrons. The summed E-state index contributed by atoms with van der Waals surface area (Å²) in [7, 11) is 0. The van der Waals surface area contributed by atoms with E-state index in [0.29, 0.717) is 0 Å². The fourth-order valence-corrected chi connectivity index (χ4v) is 3.74. The standard InChI is InChI=1S/C17H32N2/c1-2-10-18-17-5-3-4-16(17)13-19(11-14-6-7-14)12-15-8-9-15/h14-18H,2-13H2,1H3. The molecule has 0 amide bonds. The molecular weight excluding hydrogens is 232 g/mol. The van der Waals surface area contributed by atoms with Crippen molar-refractivity contribution in [3.63, 3.8) is 0 Å². The average Bonchev–Trinajstić information content (AvgIpc) is 3.31. The minimum atomic E-state index is 0.820. The predicted octanol–water partition coefficient (Wildman–Crippen LogP) is 3.28. The smallest absolute Gasteiger partial charge is 0.0107 e. The predicted molar refractivity (Wildman–Crippen MR) is 81.3 cm³/mol. The third-order valence-electron chi connectivity index (χ3n) is 5.23. The normalized spacial score (nSPS) is 31.3. The van der Waals surface area contributed by atoms with Gasteiger partial charge >= 0.3 is 0 Å². The Kier molecular flexibility index (Phi) is 4.81. The summed E-state index contributed by atoms with van der Waals surface area (Å²) in [5, 5.41) is 3.80. The van der Waals surface area contributed by atoms with Crippen LogP contribution in [0.5, 0.6) is 0 Å². The Morgan fingerprint density at radius 1 is 0.895 bits per heavy atom. The van der Waals surface area contributed by atoms with Gasteiger partial charge < -0.3 is 10.2 Å². The van der Waals surface area contributed by atoms with Gasteiger partial charge in [-0.05, 0) is 69.2 Å². The van der Waals surface area contributed by atoms with Crippen LogP contribution < -0.4 is 5.32 Å². The molecule has 2 heteroatoms. The summed E-state index contributed by atoms with van der Waals surface area (Å²) >= 11 is 0. The number of rotatable bonds is 9. The van der Waals surface area contributed by atoms with Crippen molar-refractivity contribution in [2.24, 2.45) is 17.8 Å². The average molecular weight is 264 g/mol. The number of hydrogen-bond acceptors (Lipinski definition) is 2. The summed E-state index contributed by atoms with van der Waals surface area (Å²) in [6, 6.07) is 0.820.